The highest BCUT2D eigenvalue weighted by atomic mass is 32.1. The number of thiazole rings is 1. The van der Waals surface area contributed by atoms with E-state index in [0.717, 1.165) is 5.69 Å². The number of fused-ring (bicyclic) bond motifs is 1. The molecule has 3 aromatic rings. The average molecular weight is 301 g/mol. The van der Waals surface area contributed by atoms with E-state index in [0.29, 0.717) is 33.1 Å². The molecule has 0 spiro atoms. The minimum Gasteiger partial charge on any atom is -0.496 e. The number of hydrogen-bond donors (Lipinski definition) is 0. The molecule has 0 N–H and O–H groups in total. The molecule has 1 radical (unpaired) electrons. The topological polar surface area (TPSA) is 35.0 Å². The summed E-state index contributed by atoms with van der Waals surface area (Å²) >= 11 is 1.40. The van der Waals surface area contributed by atoms with Crippen LogP contribution < -0.4 is 4.74 Å². The second-order valence-corrected chi connectivity index (χ2v) is 5.86. The van der Waals surface area contributed by atoms with Crippen LogP contribution in [0.25, 0.3) is 21.5 Å². The third-order valence-electron chi connectivity index (χ3n) is 3.28. The van der Waals surface area contributed by atoms with Gasteiger partial charge in [0.1, 0.15) is 22.8 Å². The second kappa shape index (κ2) is 5.41. The van der Waals surface area contributed by atoms with Gasteiger partial charge in [0.05, 0.1) is 29.3 Å². The fourth-order valence-corrected chi connectivity index (χ4v) is 3.07. The highest BCUT2D eigenvalue weighted by molar-refractivity contribution is 7.13. The molecule has 0 saturated heterocycles. The fourth-order valence-electron chi connectivity index (χ4n) is 2.10. The summed E-state index contributed by atoms with van der Waals surface area (Å²) < 4.78 is 20.1. The van der Waals surface area contributed by atoms with Crippen LogP contribution in [0, 0.1) is 12.0 Å². The number of aromatic nitrogens is 2. The van der Waals surface area contributed by atoms with E-state index in [2.05, 4.69) is 30.0 Å². The second-order valence-electron chi connectivity index (χ2n) is 5.00. The maximum absolute atomic E-state index is 14.8. The lowest BCUT2D eigenvalue weighted by molar-refractivity contribution is 0.418. The van der Waals surface area contributed by atoms with Crippen molar-refractivity contribution in [2.45, 2.75) is 19.8 Å². The van der Waals surface area contributed by atoms with Crippen molar-refractivity contribution in [3.05, 3.63) is 41.3 Å². The maximum Gasteiger partial charge on any atom is 0.148 e. The molecule has 0 aliphatic heterocycles. The number of hydrogen-bond acceptors (Lipinski definition) is 4. The molecule has 107 valence electrons. The zero-order chi connectivity index (χ0) is 15.0. The molecule has 0 bridgehead atoms. The van der Waals surface area contributed by atoms with Crippen LogP contribution in [-0.2, 0) is 0 Å². The minimum absolute atomic E-state index is 0.295. The lowest BCUT2D eigenvalue weighted by Crippen LogP contribution is -1.94. The summed E-state index contributed by atoms with van der Waals surface area (Å²) in [6, 6.07) is 5.24. The Hall–Kier alpha value is -2.01. The Bertz CT molecular complexity index is 798. The largest absolute Gasteiger partial charge is 0.496 e. The standard InChI is InChI=1S/C16H14FN2OS/c1-9(2)12-8-21-16(19-12)10-7-18-11-5-4-6-13(20-3)14(11)15(10)17/h4-6,8-9H,1-3H3. The molecule has 21 heavy (non-hydrogen) atoms. The van der Waals surface area contributed by atoms with Crippen molar-refractivity contribution in [2.24, 2.45) is 0 Å². The lowest BCUT2D eigenvalue weighted by Gasteiger charge is -2.07. The molecular formula is C16H14FN2OS. The van der Waals surface area contributed by atoms with E-state index in [4.69, 9.17) is 4.74 Å². The summed E-state index contributed by atoms with van der Waals surface area (Å²) in [6.45, 7) is 4.11. The molecule has 0 atom stereocenters. The van der Waals surface area contributed by atoms with E-state index < -0.39 is 0 Å². The molecule has 1 aromatic carbocycles. The van der Waals surface area contributed by atoms with Gasteiger partial charge >= 0.3 is 0 Å². The summed E-state index contributed by atoms with van der Waals surface area (Å²) in [7, 11) is 1.52. The third kappa shape index (κ3) is 2.38. The lowest BCUT2D eigenvalue weighted by atomic mass is 10.1. The van der Waals surface area contributed by atoms with E-state index in [1.807, 2.05) is 5.38 Å². The van der Waals surface area contributed by atoms with Gasteiger partial charge in [0.2, 0.25) is 0 Å². The number of benzene rings is 1. The Kier molecular flexibility index (Phi) is 3.59. The predicted molar refractivity (Wildman–Crippen MR) is 82.3 cm³/mol. The first-order valence-corrected chi connectivity index (χ1v) is 7.49. The quantitative estimate of drug-likeness (QED) is 0.718. The van der Waals surface area contributed by atoms with Gasteiger partial charge in [0, 0.05) is 5.38 Å². The molecule has 2 aromatic heterocycles. The molecule has 5 heteroatoms. The molecule has 0 amide bonds. The van der Waals surface area contributed by atoms with Gasteiger partial charge in [0.15, 0.2) is 0 Å². The van der Waals surface area contributed by atoms with Crippen molar-refractivity contribution in [3.63, 3.8) is 0 Å². The van der Waals surface area contributed by atoms with Gasteiger partial charge < -0.3 is 4.74 Å². The summed E-state index contributed by atoms with van der Waals surface area (Å²) in [5.41, 5.74) is 1.77. The first-order valence-electron chi connectivity index (χ1n) is 6.61. The van der Waals surface area contributed by atoms with Crippen molar-refractivity contribution in [1.82, 2.24) is 9.97 Å². The molecular weight excluding hydrogens is 287 g/mol. The van der Waals surface area contributed by atoms with E-state index in [-0.39, 0.29) is 5.82 Å². The Morgan fingerprint density at radius 1 is 1.33 bits per heavy atom. The van der Waals surface area contributed by atoms with Crippen molar-refractivity contribution in [1.29, 1.82) is 0 Å². The van der Waals surface area contributed by atoms with Gasteiger partial charge in [-0.1, -0.05) is 19.9 Å². The SMILES string of the molecule is COc1cccc2n[c]c(-c3nc(C(C)C)cs3)c(F)c12. The van der Waals surface area contributed by atoms with Crippen LogP contribution in [0.5, 0.6) is 5.75 Å². The zero-order valence-electron chi connectivity index (χ0n) is 12.0. The van der Waals surface area contributed by atoms with Crippen molar-refractivity contribution < 1.29 is 9.13 Å². The molecule has 2 heterocycles. The van der Waals surface area contributed by atoms with Crippen molar-refractivity contribution in [3.8, 4) is 16.3 Å². The Morgan fingerprint density at radius 3 is 2.81 bits per heavy atom. The Morgan fingerprint density at radius 2 is 2.14 bits per heavy atom. The Labute approximate surface area is 126 Å². The fraction of sp³-hybridized carbons (Fsp3) is 0.250. The van der Waals surface area contributed by atoms with Gasteiger partial charge in [-0.2, -0.15) is 0 Å². The van der Waals surface area contributed by atoms with Crippen molar-refractivity contribution >= 4 is 22.2 Å². The first-order chi connectivity index (χ1) is 10.1. The van der Waals surface area contributed by atoms with E-state index in [9.17, 15) is 4.39 Å². The number of pyridine rings is 1. The van der Waals surface area contributed by atoms with Gasteiger partial charge in [-0.05, 0) is 18.1 Å². The zero-order valence-corrected chi connectivity index (χ0v) is 12.8. The predicted octanol–water partition coefficient (Wildman–Crippen LogP) is 4.43. The van der Waals surface area contributed by atoms with Crippen LogP contribution in [0.2, 0.25) is 0 Å². The molecule has 0 fully saturated rings. The van der Waals surface area contributed by atoms with Crippen LogP contribution >= 0.6 is 11.3 Å². The highest BCUT2D eigenvalue weighted by Crippen LogP contribution is 2.34. The van der Waals surface area contributed by atoms with Crippen LogP contribution in [0.15, 0.2) is 23.6 Å². The number of rotatable bonds is 3. The number of halogens is 1. The van der Waals surface area contributed by atoms with Gasteiger partial charge in [-0.3, -0.25) is 0 Å². The summed E-state index contributed by atoms with van der Waals surface area (Å²) in [6.07, 6.45) is 2.77. The number of nitrogens with zero attached hydrogens (tertiary/aromatic N) is 2. The van der Waals surface area contributed by atoms with Gasteiger partial charge in [-0.15, -0.1) is 11.3 Å². The molecule has 0 aliphatic rings. The van der Waals surface area contributed by atoms with Crippen LogP contribution in [-0.4, -0.2) is 17.1 Å². The maximum atomic E-state index is 14.8. The number of ether oxygens (including phenoxy) is 1. The molecule has 3 rings (SSSR count). The molecule has 0 aliphatic carbocycles. The van der Waals surface area contributed by atoms with E-state index in [1.165, 1.54) is 18.4 Å². The third-order valence-corrected chi connectivity index (χ3v) is 4.16. The monoisotopic (exact) mass is 301 g/mol. The highest BCUT2D eigenvalue weighted by Gasteiger charge is 2.17. The molecule has 0 saturated carbocycles. The molecule has 3 nitrogen and oxygen atoms in total. The van der Waals surface area contributed by atoms with E-state index >= 15 is 0 Å². The van der Waals surface area contributed by atoms with Crippen LogP contribution in [0.1, 0.15) is 25.5 Å². The van der Waals surface area contributed by atoms with Crippen molar-refractivity contribution in [2.75, 3.05) is 7.11 Å². The minimum atomic E-state index is -0.387. The normalized spacial score (nSPS) is 11.3. The average Bonchev–Trinajstić information content (AvgIpc) is 2.97. The summed E-state index contributed by atoms with van der Waals surface area (Å²) in [5.74, 6) is 0.386. The molecule has 0 unspecified atom stereocenters. The van der Waals surface area contributed by atoms with Crippen LogP contribution in [0.4, 0.5) is 4.39 Å². The van der Waals surface area contributed by atoms with Crippen LogP contribution in [0.3, 0.4) is 0 Å². The summed E-state index contributed by atoms with van der Waals surface area (Å²) in [4.78, 5) is 8.67. The number of methoxy groups -OCH3 is 1. The first kappa shape index (κ1) is 13.9. The van der Waals surface area contributed by atoms with E-state index in [1.54, 1.807) is 18.2 Å². The smallest absolute Gasteiger partial charge is 0.148 e. The van der Waals surface area contributed by atoms with Gasteiger partial charge in [-0.25, -0.2) is 14.4 Å². The van der Waals surface area contributed by atoms with Gasteiger partial charge in [0.25, 0.3) is 0 Å². The Balaban J connectivity index is 2.21. The summed E-state index contributed by atoms with van der Waals surface area (Å²) in [5, 5.41) is 2.91.